The molecule has 34 heavy (non-hydrogen) atoms. The highest BCUT2D eigenvalue weighted by atomic mass is 16.6. The smallest absolute Gasteiger partial charge is 0.373 e. The number of allylic oxidation sites excluding steroid dienone is 4. The molecule has 4 aliphatic carbocycles. The zero-order valence-corrected chi connectivity index (χ0v) is 21.9. The summed E-state index contributed by atoms with van der Waals surface area (Å²) in [5, 5.41) is 0. The molecule has 0 saturated heterocycles. The van der Waals surface area contributed by atoms with Crippen molar-refractivity contribution >= 4 is 18.1 Å². The molecule has 6 heteroatoms. The highest BCUT2D eigenvalue weighted by molar-refractivity contribution is 5.78. The van der Waals surface area contributed by atoms with Gasteiger partial charge in [0.05, 0.1) is 13.0 Å². The van der Waals surface area contributed by atoms with Crippen molar-refractivity contribution in [3.8, 4) is 0 Å². The Morgan fingerprint density at radius 2 is 1.76 bits per heavy atom. The molecule has 5 atom stereocenters. The molecule has 0 N–H and O–H groups in total. The zero-order chi connectivity index (χ0) is 26.1. The van der Waals surface area contributed by atoms with E-state index in [1.165, 1.54) is 25.2 Å². The summed E-state index contributed by atoms with van der Waals surface area (Å²) in [4.78, 5) is 41.2. The van der Waals surface area contributed by atoms with Crippen LogP contribution in [-0.2, 0) is 28.7 Å². The second-order valence-electron chi connectivity index (χ2n) is 11.4. The summed E-state index contributed by atoms with van der Waals surface area (Å²) in [6.45, 7) is 19.0. The molecule has 1 spiro atoms. The average Bonchev–Trinajstić information content (AvgIpc) is 3.11. The van der Waals surface area contributed by atoms with E-state index < -0.39 is 5.60 Å². The molecule has 0 amide bonds. The summed E-state index contributed by atoms with van der Waals surface area (Å²) in [5.74, 6) is 0.668. The quantitative estimate of drug-likeness (QED) is 0.393. The van der Waals surface area contributed by atoms with Gasteiger partial charge in [-0.1, -0.05) is 65.8 Å². The van der Waals surface area contributed by atoms with Gasteiger partial charge in [-0.05, 0) is 47.7 Å². The first-order chi connectivity index (χ1) is 15.7. The molecule has 2 saturated carbocycles. The summed E-state index contributed by atoms with van der Waals surface area (Å²) in [7, 11) is 1.48. The topological polar surface area (TPSA) is 86.7 Å². The van der Waals surface area contributed by atoms with Crippen LogP contribution in [0.3, 0.4) is 0 Å². The largest absolute Gasteiger partial charge is 0.469 e. The number of carbonyl (C=O) groups is 2. The highest BCUT2D eigenvalue weighted by Crippen LogP contribution is 2.72. The van der Waals surface area contributed by atoms with Crippen molar-refractivity contribution in [3.63, 3.8) is 0 Å². The number of hydrogen-bond donors (Lipinski definition) is 0. The van der Waals surface area contributed by atoms with Crippen molar-refractivity contribution in [2.75, 3.05) is 7.11 Å². The molecule has 0 radical (unpaired) electrons. The highest BCUT2D eigenvalue weighted by Gasteiger charge is 2.69. The van der Waals surface area contributed by atoms with Crippen LogP contribution in [0.1, 0.15) is 74.1 Å². The summed E-state index contributed by atoms with van der Waals surface area (Å²) in [5.41, 5.74) is 2.64. The molecule has 0 aromatic carbocycles. The van der Waals surface area contributed by atoms with Crippen molar-refractivity contribution in [2.24, 2.45) is 34.5 Å². The number of fused-ring (bicyclic) bond motifs is 2. The lowest BCUT2D eigenvalue weighted by Gasteiger charge is -2.45. The van der Waals surface area contributed by atoms with E-state index in [1.807, 2.05) is 0 Å². The monoisotopic (exact) mass is 472 g/mol. The van der Waals surface area contributed by atoms with Crippen LogP contribution >= 0.6 is 0 Å². The van der Waals surface area contributed by atoms with E-state index in [1.54, 1.807) is 0 Å². The van der Waals surface area contributed by atoms with E-state index in [2.05, 4.69) is 60.3 Å². The van der Waals surface area contributed by atoms with Crippen LogP contribution in [0.5, 0.6) is 0 Å². The number of methoxy groups -OCH3 is 1. The van der Waals surface area contributed by atoms with E-state index >= 15 is 0 Å². The van der Waals surface area contributed by atoms with E-state index in [9.17, 15) is 9.59 Å². The molecule has 4 rings (SSSR count). The minimum Gasteiger partial charge on any atom is -0.469 e. The molecule has 0 aromatic heterocycles. The lowest BCUT2D eigenvalue weighted by atomic mass is 9.58. The zero-order valence-electron chi connectivity index (χ0n) is 21.9. The maximum absolute atomic E-state index is 13.1. The second-order valence-corrected chi connectivity index (χ2v) is 11.4. The van der Waals surface area contributed by atoms with Crippen molar-refractivity contribution in [2.45, 2.75) is 79.8 Å². The third kappa shape index (κ3) is 4.57. The second kappa shape index (κ2) is 10.0. The minimum absolute atomic E-state index is 0.0456. The van der Waals surface area contributed by atoms with Gasteiger partial charge in [-0.15, -0.1) is 0 Å². The molecule has 4 aliphatic rings. The van der Waals surface area contributed by atoms with Gasteiger partial charge in [0.1, 0.15) is 5.60 Å². The van der Waals surface area contributed by atoms with Crippen LogP contribution < -0.4 is 0 Å². The third-order valence-electron chi connectivity index (χ3n) is 8.10. The molecular weight excluding hydrogens is 432 g/mol. The maximum atomic E-state index is 13.1. The van der Waals surface area contributed by atoms with Gasteiger partial charge in [-0.3, -0.25) is 9.59 Å². The molecule has 6 nitrogen and oxygen atoms in total. The summed E-state index contributed by atoms with van der Waals surface area (Å²) in [6, 6.07) is 0. The van der Waals surface area contributed by atoms with Crippen molar-refractivity contribution in [3.05, 3.63) is 35.5 Å². The van der Waals surface area contributed by atoms with Gasteiger partial charge < -0.3 is 9.47 Å². The summed E-state index contributed by atoms with van der Waals surface area (Å²) < 4.78 is 11.2. The Balaban J connectivity index is 0.000000519. The van der Waals surface area contributed by atoms with Crippen molar-refractivity contribution in [1.29, 1.82) is 0 Å². The van der Waals surface area contributed by atoms with E-state index in [-0.39, 0.29) is 40.8 Å². The van der Waals surface area contributed by atoms with Gasteiger partial charge in [-0.25, -0.2) is 0 Å². The van der Waals surface area contributed by atoms with Crippen LogP contribution in [0.25, 0.3) is 0 Å². The van der Waals surface area contributed by atoms with Crippen LogP contribution in [0.2, 0.25) is 0 Å². The van der Waals surface area contributed by atoms with Gasteiger partial charge in [0.2, 0.25) is 0 Å². The first-order valence-electron chi connectivity index (χ1n) is 12.1. The van der Waals surface area contributed by atoms with E-state index in [0.29, 0.717) is 18.8 Å². The molecule has 0 aromatic rings. The fourth-order valence-corrected chi connectivity index (χ4v) is 6.56. The van der Waals surface area contributed by atoms with Gasteiger partial charge in [0, 0.05) is 24.7 Å². The number of carbonyl (C=O) groups excluding carboxylic acids is 4. The SMILES string of the molecule is C=C1C[C@]23C[C@@]1(OC(C)=O)CCC2=C1C=C[C@H](C)C(C)(C)[C@H]1[C@@H]3C(=O)OC.CC(C)C.O=C=O. The Hall–Kier alpha value is -2.46. The van der Waals surface area contributed by atoms with Crippen LogP contribution in [-0.4, -0.2) is 30.8 Å². The first kappa shape index (κ1) is 27.8. The Kier molecular flexibility index (Phi) is 8.20. The van der Waals surface area contributed by atoms with Crippen LogP contribution in [0.4, 0.5) is 0 Å². The van der Waals surface area contributed by atoms with Crippen LogP contribution in [0, 0.1) is 34.5 Å². The lowest BCUT2D eigenvalue weighted by Crippen LogP contribution is -2.46. The predicted molar refractivity (Wildman–Crippen MR) is 128 cm³/mol. The third-order valence-corrected chi connectivity index (χ3v) is 8.10. The van der Waals surface area contributed by atoms with Gasteiger partial charge in [0.25, 0.3) is 0 Å². The molecule has 0 aliphatic heterocycles. The van der Waals surface area contributed by atoms with E-state index in [4.69, 9.17) is 19.1 Å². The number of hydrogen-bond acceptors (Lipinski definition) is 6. The van der Waals surface area contributed by atoms with Gasteiger partial charge >= 0.3 is 18.1 Å². The number of esters is 2. The Morgan fingerprint density at radius 3 is 2.26 bits per heavy atom. The van der Waals surface area contributed by atoms with E-state index in [0.717, 1.165) is 24.3 Å². The lowest BCUT2D eigenvalue weighted by molar-refractivity contribution is -0.191. The average molecular weight is 473 g/mol. The minimum atomic E-state index is -0.630. The predicted octanol–water partition coefficient (Wildman–Crippen LogP) is 5.45. The van der Waals surface area contributed by atoms with Gasteiger partial charge in [-0.2, -0.15) is 9.59 Å². The Morgan fingerprint density at radius 1 is 1.21 bits per heavy atom. The standard InChI is InChI=1S/C23H30O4.C4H10.CO2/c1-13-7-8-16-17-9-10-23(27-15(3)24)12-22(17,11-14(23)2)19(20(25)26-6)18(16)21(13,4)5;1-4(2)3;2-1-3/h7-8,13,18-19H,2,9-12H2,1,3-6H3;4H,1-3H3;/t13-,18+,19+,22-,23-;;/m0../s1. The van der Waals surface area contributed by atoms with Crippen LogP contribution in [0.15, 0.2) is 35.5 Å². The van der Waals surface area contributed by atoms with Gasteiger partial charge in [0.15, 0.2) is 0 Å². The molecule has 0 unspecified atom stereocenters. The van der Waals surface area contributed by atoms with Crippen molar-refractivity contribution < 1.29 is 28.7 Å². The molecule has 2 bridgehead atoms. The maximum Gasteiger partial charge on any atom is 0.373 e. The van der Waals surface area contributed by atoms with Crippen molar-refractivity contribution in [1.82, 2.24) is 0 Å². The molecular formula is C28H40O6. The molecule has 0 heterocycles. The number of ether oxygens (including phenoxy) is 2. The first-order valence-corrected chi connectivity index (χ1v) is 12.1. The molecule has 2 fully saturated rings. The normalized spacial score (nSPS) is 34.0. The Labute approximate surface area is 203 Å². The Bertz CT molecular complexity index is 930. The summed E-state index contributed by atoms with van der Waals surface area (Å²) >= 11 is 0. The molecule has 188 valence electrons. The fraction of sp³-hybridized carbons (Fsp3) is 0.679. The fourth-order valence-electron chi connectivity index (χ4n) is 6.56. The summed E-state index contributed by atoms with van der Waals surface area (Å²) in [6.07, 6.45) is 7.75. The number of rotatable bonds is 2.